The predicted molar refractivity (Wildman–Crippen MR) is 112 cm³/mol. The summed E-state index contributed by atoms with van der Waals surface area (Å²) >= 11 is 0. The number of rotatable bonds is 5. The first-order valence-electron chi connectivity index (χ1n) is 10.2. The van der Waals surface area contributed by atoms with Gasteiger partial charge in [-0.05, 0) is 43.5 Å². The molecule has 0 spiro atoms. The molecule has 30 heavy (non-hydrogen) atoms. The number of amides is 3. The van der Waals surface area contributed by atoms with Crippen molar-refractivity contribution in [3.63, 3.8) is 0 Å². The Morgan fingerprint density at radius 2 is 1.90 bits per heavy atom. The molecular formula is C23H25N3O4. The minimum absolute atomic E-state index is 0.0381. The second-order valence-corrected chi connectivity index (χ2v) is 7.71. The van der Waals surface area contributed by atoms with Crippen LogP contribution in [0.15, 0.2) is 42.5 Å². The van der Waals surface area contributed by atoms with Gasteiger partial charge in [0.2, 0.25) is 5.91 Å². The van der Waals surface area contributed by atoms with Gasteiger partial charge >= 0.3 is 0 Å². The Hall–Kier alpha value is -3.35. The molecule has 1 N–H and O–H groups in total. The van der Waals surface area contributed by atoms with Crippen molar-refractivity contribution in [3.8, 4) is 5.75 Å². The maximum Gasteiger partial charge on any atom is 0.265 e. The third-order valence-electron chi connectivity index (χ3n) is 5.45. The molecule has 1 fully saturated rings. The summed E-state index contributed by atoms with van der Waals surface area (Å²) in [5, 5.41) is 2.90. The van der Waals surface area contributed by atoms with E-state index in [2.05, 4.69) is 5.32 Å². The SMILES string of the molecule is Cc1cccc(CNC(=O)c2ccc3c(c2)N(CC(=O)N2CCCC2)C(=O)CO3)c1. The first kappa shape index (κ1) is 19.9. The number of hydrogen-bond acceptors (Lipinski definition) is 4. The Kier molecular flexibility index (Phi) is 5.70. The number of anilines is 1. The zero-order chi connectivity index (χ0) is 21.1. The molecule has 1 saturated heterocycles. The van der Waals surface area contributed by atoms with Crippen molar-refractivity contribution in [1.29, 1.82) is 0 Å². The fraction of sp³-hybridized carbons (Fsp3) is 0.348. The van der Waals surface area contributed by atoms with Crippen molar-refractivity contribution in [2.75, 3.05) is 31.1 Å². The first-order valence-corrected chi connectivity index (χ1v) is 10.2. The quantitative estimate of drug-likeness (QED) is 0.825. The molecule has 2 aliphatic heterocycles. The normalized spacial score (nSPS) is 15.6. The highest BCUT2D eigenvalue weighted by molar-refractivity contribution is 6.04. The number of benzene rings is 2. The Labute approximate surface area is 175 Å². The van der Waals surface area contributed by atoms with Crippen LogP contribution in [0.5, 0.6) is 5.75 Å². The highest BCUT2D eigenvalue weighted by Gasteiger charge is 2.30. The fourth-order valence-electron chi connectivity index (χ4n) is 3.83. The highest BCUT2D eigenvalue weighted by atomic mass is 16.5. The van der Waals surface area contributed by atoms with Gasteiger partial charge in [0.1, 0.15) is 12.3 Å². The van der Waals surface area contributed by atoms with E-state index in [0.29, 0.717) is 23.5 Å². The van der Waals surface area contributed by atoms with Gasteiger partial charge in [-0.2, -0.15) is 0 Å². The van der Waals surface area contributed by atoms with Gasteiger partial charge in [0, 0.05) is 25.2 Å². The van der Waals surface area contributed by atoms with E-state index < -0.39 is 0 Å². The number of nitrogens with one attached hydrogen (secondary N) is 1. The lowest BCUT2D eigenvalue weighted by Gasteiger charge is -2.30. The number of carbonyl (C=O) groups excluding carboxylic acids is 3. The first-order chi connectivity index (χ1) is 14.5. The molecule has 2 aliphatic rings. The lowest BCUT2D eigenvalue weighted by molar-refractivity contribution is -0.131. The maximum atomic E-state index is 12.7. The Morgan fingerprint density at radius 1 is 1.10 bits per heavy atom. The Bertz CT molecular complexity index is 982. The monoisotopic (exact) mass is 407 g/mol. The van der Waals surface area contributed by atoms with E-state index in [1.54, 1.807) is 23.1 Å². The molecule has 156 valence electrons. The molecule has 0 aliphatic carbocycles. The van der Waals surface area contributed by atoms with Crippen LogP contribution in [0.2, 0.25) is 0 Å². The summed E-state index contributed by atoms with van der Waals surface area (Å²) in [7, 11) is 0. The molecule has 3 amide bonds. The van der Waals surface area contributed by atoms with Gasteiger partial charge in [0.15, 0.2) is 6.61 Å². The van der Waals surface area contributed by atoms with Crippen molar-refractivity contribution < 1.29 is 19.1 Å². The van der Waals surface area contributed by atoms with Crippen LogP contribution in [-0.2, 0) is 16.1 Å². The summed E-state index contributed by atoms with van der Waals surface area (Å²) in [4.78, 5) is 40.9. The van der Waals surface area contributed by atoms with Crippen molar-refractivity contribution in [2.45, 2.75) is 26.3 Å². The minimum Gasteiger partial charge on any atom is -0.482 e. The number of nitrogens with zero attached hydrogens (tertiary/aromatic N) is 2. The number of fused-ring (bicyclic) bond motifs is 1. The molecule has 0 saturated carbocycles. The van der Waals surface area contributed by atoms with Crippen LogP contribution in [0, 0.1) is 6.92 Å². The second-order valence-electron chi connectivity index (χ2n) is 7.71. The summed E-state index contributed by atoms with van der Waals surface area (Å²) in [5.41, 5.74) is 3.02. The zero-order valence-electron chi connectivity index (χ0n) is 17.0. The molecule has 0 bridgehead atoms. The summed E-state index contributed by atoms with van der Waals surface area (Å²) in [6.45, 7) is 3.72. The maximum absolute atomic E-state index is 12.7. The molecule has 4 rings (SSSR count). The lowest BCUT2D eigenvalue weighted by atomic mass is 10.1. The summed E-state index contributed by atoms with van der Waals surface area (Å²) in [6.07, 6.45) is 1.98. The average Bonchev–Trinajstić information content (AvgIpc) is 3.29. The van der Waals surface area contributed by atoms with Crippen LogP contribution in [0.3, 0.4) is 0 Å². The van der Waals surface area contributed by atoms with Gasteiger partial charge in [0.05, 0.1) is 5.69 Å². The molecule has 0 unspecified atom stereocenters. The number of likely N-dealkylation sites (tertiary alicyclic amines) is 1. The number of aryl methyl sites for hydroxylation is 1. The van der Waals surface area contributed by atoms with Gasteiger partial charge in [0.25, 0.3) is 11.8 Å². The van der Waals surface area contributed by atoms with Crippen LogP contribution in [0.4, 0.5) is 5.69 Å². The van der Waals surface area contributed by atoms with Crippen LogP contribution < -0.4 is 15.0 Å². The summed E-state index contributed by atoms with van der Waals surface area (Å²) in [5.74, 6) is -0.113. The predicted octanol–water partition coefficient (Wildman–Crippen LogP) is 2.27. The van der Waals surface area contributed by atoms with Crippen LogP contribution >= 0.6 is 0 Å². The second kappa shape index (κ2) is 8.57. The van der Waals surface area contributed by atoms with Gasteiger partial charge in [-0.1, -0.05) is 29.8 Å². The van der Waals surface area contributed by atoms with Gasteiger partial charge in [-0.25, -0.2) is 0 Å². The molecule has 0 aromatic heterocycles. The number of ether oxygens (including phenoxy) is 1. The highest BCUT2D eigenvalue weighted by Crippen LogP contribution is 2.33. The van der Waals surface area contributed by atoms with E-state index in [-0.39, 0.29) is 30.9 Å². The van der Waals surface area contributed by atoms with Crippen molar-refractivity contribution in [1.82, 2.24) is 10.2 Å². The minimum atomic E-state index is -0.285. The number of hydrogen-bond donors (Lipinski definition) is 1. The van der Waals surface area contributed by atoms with E-state index in [1.807, 2.05) is 31.2 Å². The molecule has 0 atom stereocenters. The van der Waals surface area contributed by atoms with Gasteiger partial charge < -0.3 is 15.0 Å². The topological polar surface area (TPSA) is 79.0 Å². The van der Waals surface area contributed by atoms with E-state index in [4.69, 9.17) is 4.74 Å². The third-order valence-corrected chi connectivity index (χ3v) is 5.45. The van der Waals surface area contributed by atoms with E-state index in [1.165, 1.54) is 4.90 Å². The fourth-order valence-corrected chi connectivity index (χ4v) is 3.83. The standard InChI is InChI=1S/C23H25N3O4/c1-16-5-4-6-17(11-16)13-24-23(29)18-7-8-20-19(12-18)26(22(28)15-30-20)14-21(27)25-9-2-3-10-25/h4-8,11-12H,2-3,9-10,13-15H2,1H3,(H,24,29). The van der Waals surface area contributed by atoms with E-state index >= 15 is 0 Å². The zero-order valence-corrected chi connectivity index (χ0v) is 17.0. The lowest BCUT2D eigenvalue weighted by Crippen LogP contribution is -2.46. The Morgan fingerprint density at radius 3 is 2.67 bits per heavy atom. The largest absolute Gasteiger partial charge is 0.482 e. The van der Waals surface area contributed by atoms with Crippen molar-refractivity contribution in [2.24, 2.45) is 0 Å². The van der Waals surface area contributed by atoms with Gasteiger partial charge in [-0.15, -0.1) is 0 Å². The van der Waals surface area contributed by atoms with Crippen LogP contribution in [0.25, 0.3) is 0 Å². The molecule has 2 aromatic carbocycles. The Balaban J connectivity index is 1.50. The molecular weight excluding hydrogens is 382 g/mol. The van der Waals surface area contributed by atoms with Crippen LogP contribution in [0.1, 0.15) is 34.3 Å². The van der Waals surface area contributed by atoms with E-state index in [9.17, 15) is 14.4 Å². The molecule has 7 nitrogen and oxygen atoms in total. The van der Waals surface area contributed by atoms with Crippen LogP contribution in [-0.4, -0.2) is 48.9 Å². The van der Waals surface area contributed by atoms with Crippen molar-refractivity contribution >= 4 is 23.4 Å². The van der Waals surface area contributed by atoms with Crippen molar-refractivity contribution in [3.05, 3.63) is 59.2 Å². The average molecular weight is 407 g/mol. The molecule has 2 aromatic rings. The molecule has 0 radical (unpaired) electrons. The smallest absolute Gasteiger partial charge is 0.265 e. The summed E-state index contributed by atoms with van der Waals surface area (Å²) in [6, 6.07) is 12.9. The molecule has 7 heteroatoms. The van der Waals surface area contributed by atoms with Gasteiger partial charge in [-0.3, -0.25) is 19.3 Å². The third kappa shape index (κ3) is 4.30. The summed E-state index contributed by atoms with van der Waals surface area (Å²) < 4.78 is 5.50. The van der Waals surface area contributed by atoms with E-state index in [0.717, 1.165) is 37.1 Å². The molecule has 2 heterocycles. The number of carbonyl (C=O) groups is 3.